The Morgan fingerprint density at radius 2 is 1.76 bits per heavy atom. The minimum atomic E-state index is 0.592. The molecular weight excluding hydrogens is 252 g/mol. The molecule has 116 valence electrons. The fraction of sp³-hybridized carbons (Fsp3) is 0.905. The van der Waals surface area contributed by atoms with E-state index in [0.29, 0.717) is 16.7 Å². The molecule has 0 amide bonds. The minimum Gasteiger partial charge on any atom is -0.120 e. The summed E-state index contributed by atoms with van der Waals surface area (Å²) in [5, 5.41) is 0. The van der Waals surface area contributed by atoms with E-state index in [1.807, 2.05) is 0 Å². The molecule has 0 aromatic rings. The van der Waals surface area contributed by atoms with Crippen LogP contribution in [0.5, 0.6) is 0 Å². The van der Waals surface area contributed by atoms with Gasteiger partial charge in [0.05, 0.1) is 0 Å². The predicted octanol–water partition coefficient (Wildman–Crippen LogP) is 5.67. The van der Waals surface area contributed by atoms with E-state index in [1.165, 1.54) is 64.2 Å². The molecule has 4 rings (SSSR count). The molecule has 4 aliphatic carbocycles. The summed E-state index contributed by atoms with van der Waals surface area (Å²) in [4.78, 5) is 0. The zero-order valence-electron chi connectivity index (χ0n) is 14.0. The Bertz CT molecular complexity index is 457. The van der Waals surface area contributed by atoms with Gasteiger partial charge >= 0.3 is 0 Å². The summed E-state index contributed by atoms with van der Waals surface area (Å²) in [5.41, 5.74) is 1.26. The van der Waals surface area contributed by atoms with E-state index in [2.05, 4.69) is 19.8 Å². The molecule has 0 aromatic carbocycles. The second kappa shape index (κ2) is 4.78. The number of hydrogen-bond donors (Lipinski definition) is 0. The lowest BCUT2D eigenvalue weighted by molar-refractivity contribution is -0.119. The second-order valence-electron chi connectivity index (χ2n) is 9.33. The zero-order valence-corrected chi connectivity index (χ0v) is 14.0. The standard InChI is InChI=1S/C21H32/c1-4-15-14-16-8-5-6-12-21(16,3)18-10-13-20(2)11-7-9-17(20)19(15)18/h1,15-19H,5-14H2,2-3H3/t15-,16?,17+,18+,19+,20+,21+/m1/s1. The molecule has 0 saturated heterocycles. The van der Waals surface area contributed by atoms with Gasteiger partial charge in [0.2, 0.25) is 0 Å². The van der Waals surface area contributed by atoms with Gasteiger partial charge in [0.1, 0.15) is 0 Å². The third-order valence-electron chi connectivity index (χ3n) is 8.63. The highest BCUT2D eigenvalue weighted by Crippen LogP contribution is 2.67. The van der Waals surface area contributed by atoms with Gasteiger partial charge in [-0.1, -0.05) is 33.1 Å². The molecule has 0 spiro atoms. The van der Waals surface area contributed by atoms with Crippen LogP contribution in [0.4, 0.5) is 0 Å². The fourth-order valence-electron chi connectivity index (χ4n) is 7.46. The van der Waals surface area contributed by atoms with E-state index in [1.54, 1.807) is 0 Å². The Morgan fingerprint density at radius 1 is 0.905 bits per heavy atom. The number of hydrogen-bond acceptors (Lipinski definition) is 0. The highest BCUT2D eigenvalue weighted by molar-refractivity contribution is 5.14. The summed E-state index contributed by atoms with van der Waals surface area (Å²) < 4.78 is 0. The Hall–Kier alpha value is -0.440. The van der Waals surface area contributed by atoms with Crippen molar-refractivity contribution in [1.82, 2.24) is 0 Å². The molecule has 4 saturated carbocycles. The Kier molecular flexibility index (Phi) is 3.22. The van der Waals surface area contributed by atoms with Crippen LogP contribution in [0.3, 0.4) is 0 Å². The summed E-state index contributed by atoms with van der Waals surface area (Å²) in [5.74, 6) is 7.54. The lowest BCUT2D eigenvalue weighted by atomic mass is 9.43. The first-order chi connectivity index (χ1) is 10.1. The smallest absolute Gasteiger partial charge is 0.0237 e. The van der Waals surface area contributed by atoms with Crippen LogP contribution in [-0.2, 0) is 0 Å². The van der Waals surface area contributed by atoms with Gasteiger partial charge in [0.25, 0.3) is 0 Å². The molecule has 0 bridgehead atoms. The highest BCUT2D eigenvalue weighted by atomic mass is 14.6. The van der Waals surface area contributed by atoms with Crippen LogP contribution in [0.1, 0.15) is 78.1 Å². The number of terminal acetylenes is 1. The van der Waals surface area contributed by atoms with Gasteiger partial charge in [-0.15, -0.1) is 12.3 Å². The van der Waals surface area contributed by atoms with E-state index < -0.39 is 0 Å². The molecule has 21 heavy (non-hydrogen) atoms. The zero-order chi connectivity index (χ0) is 14.7. The van der Waals surface area contributed by atoms with Gasteiger partial charge in [-0.25, -0.2) is 0 Å². The minimum absolute atomic E-state index is 0.592. The average molecular weight is 284 g/mol. The van der Waals surface area contributed by atoms with Gasteiger partial charge in [-0.2, -0.15) is 0 Å². The molecule has 7 atom stereocenters. The van der Waals surface area contributed by atoms with Crippen LogP contribution in [-0.4, -0.2) is 0 Å². The van der Waals surface area contributed by atoms with Crippen molar-refractivity contribution in [3.8, 4) is 12.3 Å². The van der Waals surface area contributed by atoms with Gasteiger partial charge in [0, 0.05) is 5.92 Å². The van der Waals surface area contributed by atoms with Crippen molar-refractivity contribution in [1.29, 1.82) is 0 Å². The lowest BCUT2D eigenvalue weighted by Crippen LogP contribution is -2.54. The van der Waals surface area contributed by atoms with Crippen molar-refractivity contribution in [2.24, 2.45) is 40.4 Å². The average Bonchev–Trinajstić information content (AvgIpc) is 2.87. The third-order valence-corrected chi connectivity index (χ3v) is 8.63. The van der Waals surface area contributed by atoms with Crippen LogP contribution < -0.4 is 0 Å². The maximum absolute atomic E-state index is 6.05. The quantitative estimate of drug-likeness (QED) is 0.503. The molecule has 0 N–H and O–H groups in total. The van der Waals surface area contributed by atoms with Crippen molar-refractivity contribution >= 4 is 0 Å². The second-order valence-corrected chi connectivity index (χ2v) is 9.33. The highest BCUT2D eigenvalue weighted by Gasteiger charge is 2.59. The van der Waals surface area contributed by atoms with Gasteiger partial charge in [0.15, 0.2) is 0 Å². The van der Waals surface area contributed by atoms with Crippen molar-refractivity contribution in [2.45, 2.75) is 78.1 Å². The van der Waals surface area contributed by atoms with Crippen LogP contribution >= 0.6 is 0 Å². The van der Waals surface area contributed by atoms with Crippen molar-refractivity contribution in [2.75, 3.05) is 0 Å². The van der Waals surface area contributed by atoms with Gasteiger partial charge in [-0.05, 0) is 79.4 Å². The lowest BCUT2D eigenvalue weighted by Gasteiger charge is -2.61. The molecule has 4 aliphatic rings. The molecule has 4 fully saturated rings. The van der Waals surface area contributed by atoms with E-state index in [0.717, 1.165) is 23.7 Å². The third kappa shape index (κ3) is 1.89. The maximum atomic E-state index is 6.05. The number of fused-ring (bicyclic) bond motifs is 5. The molecule has 0 aliphatic heterocycles. The SMILES string of the molecule is C#C[C@@H]1CC2CCCC[C@]2(C)[C@H]2CC[C@]3(C)CCC[C@H]3[C@H]12. The van der Waals surface area contributed by atoms with Gasteiger partial charge < -0.3 is 0 Å². The van der Waals surface area contributed by atoms with E-state index in [4.69, 9.17) is 6.42 Å². The topological polar surface area (TPSA) is 0 Å². The van der Waals surface area contributed by atoms with Crippen LogP contribution in [0, 0.1) is 52.8 Å². The molecular formula is C21H32. The Balaban J connectivity index is 1.72. The molecule has 0 radical (unpaired) electrons. The van der Waals surface area contributed by atoms with Crippen molar-refractivity contribution < 1.29 is 0 Å². The van der Waals surface area contributed by atoms with E-state index in [-0.39, 0.29) is 0 Å². The maximum Gasteiger partial charge on any atom is 0.0237 e. The van der Waals surface area contributed by atoms with Crippen LogP contribution in [0.2, 0.25) is 0 Å². The Morgan fingerprint density at radius 3 is 2.57 bits per heavy atom. The van der Waals surface area contributed by atoms with E-state index in [9.17, 15) is 0 Å². The van der Waals surface area contributed by atoms with Gasteiger partial charge in [-0.3, -0.25) is 0 Å². The Labute approximate surface area is 131 Å². The summed E-state index contributed by atoms with van der Waals surface area (Å²) in [6, 6.07) is 0. The first-order valence-corrected chi connectivity index (χ1v) is 9.55. The van der Waals surface area contributed by atoms with Crippen molar-refractivity contribution in [3.05, 3.63) is 0 Å². The largest absolute Gasteiger partial charge is 0.120 e. The summed E-state index contributed by atoms with van der Waals surface area (Å²) >= 11 is 0. The monoisotopic (exact) mass is 284 g/mol. The fourth-order valence-corrected chi connectivity index (χ4v) is 7.46. The van der Waals surface area contributed by atoms with Crippen LogP contribution in [0.25, 0.3) is 0 Å². The molecule has 0 nitrogen and oxygen atoms in total. The summed E-state index contributed by atoms with van der Waals surface area (Å²) in [6.45, 7) is 5.24. The molecule has 1 unspecified atom stereocenters. The normalized spacial score (nSPS) is 56.0. The van der Waals surface area contributed by atoms with E-state index >= 15 is 0 Å². The van der Waals surface area contributed by atoms with Crippen LogP contribution in [0.15, 0.2) is 0 Å². The first-order valence-electron chi connectivity index (χ1n) is 9.55. The summed E-state index contributed by atoms with van der Waals surface area (Å²) in [6.07, 6.45) is 20.6. The molecule has 0 heteroatoms. The first kappa shape index (κ1) is 14.2. The number of rotatable bonds is 0. The molecule has 0 heterocycles. The molecule has 0 aromatic heterocycles. The van der Waals surface area contributed by atoms with Crippen molar-refractivity contribution in [3.63, 3.8) is 0 Å². The predicted molar refractivity (Wildman–Crippen MR) is 88.7 cm³/mol. The summed E-state index contributed by atoms with van der Waals surface area (Å²) in [7, 11) is 0.